The number of hydrogen-bond donors (Lipinski definition) is 1. The fourth-order valence-electron chi connectivity index (χ4n) is 1.12. The smallest absolute Gasteiger partial charge is 0.0369 e. The molecular weight excluding hydrogens is 261 g/mol. The van der Waals surface area contributed by atoms with Crippen LogP contribution in [0.5, 0.6) is 0 Å². The highest BCUT2D eigenvalue weighted by molar-refractivity contribution is 9.10. The lowest BCUT2D eigenvalue weighted by Gasteiger charge is -2.07. The Bertz CT molecular complexity index is 327. The number of halogens is 2. The van der Waals surface area contributed by atoms with E-state index in [0.29, 0.717) is 0 Å². The van der Waals surface area contributed by atoms with Crippen molar-refractivity contribution >= 4 is 33.2 Å². The molecule has 0 amide bonds. The predicted octanol–water partition coefficient (Wildman–Crippen LogP) is 4.31. The van der Waals surface area contributed by atoms with Gasteiger partial charge in [-0.15, -0.1) is 0 Å². The van der Waals surface area contributed by atoms with E-state index in [-0.39, 0.29) is 0 Å². The third kappa shape index (κ3) is 3.72. The van der Waals surface area contributed by atoms with Crippen LogP contribution in [0.4, 0.5) is 5.69 Å². The lowest BCUT2D eigenvalue weighted by Crippen LogP contribution is -2.02. The maximum absolute atomic E-state index is 5.57. The number of nitrogens with one attached hydrogen (secondary N) is 1. The molecule has 0 unspecified atom stereocenters. The van der Waals surface area contributed by atoms with Crippen molar-refractivity contribution < 1.29 is 0 Å². The summed E-state index contributed by atoms with van der Waals surface area (Å²) in [5, 5.41) is 3.29. The van der Waals surface area contributed by atoms with E-state index in [0.717, 1.165) is 22.3 Å². The maximum atomic E-state index is 5.57. The summed E-state index contributed by atoms with van der Waals surface area (Å²) < 4.78 is 1.09. The van der Waals surface area contributed by atoms with E-state index in [4.69, 9.17) is 11.6 Å². The molecule has 0 aromatic heterocycles. The Balaban J connectivity index is 2.67. The van der Waals surface area contributed by atoms with Crippen LogP contribution in [-0.2, 0) is 0 Å². The first-order chi connectivity index (χ1) is 6.61. The number of aryl methyl sites for hydroxylation is 1. The summed E-state index contributed by atoms with van der Waals surface area (Å²) in [6.07, 6.45) is 0. The van der Waals surface area contributed by atoms with Crippen LogP contribution in [0.1, 0.15) is 12.5 Å². The average Bonchev–Trinajstić information content (AvgIpc) is 2.12. The zero-order chi connectivity index (χ0) is 10.6. The van der Waals surface area contributed by atoms with Crippen molar-refractivity contribution in [2.75, 3.05) is 11.9 Å². The van der Waals surface area contributed by atoms with Gasteiger partial charge >= 0.3 is 0 Å². The van der Waals surface area contributed by atoms with E-state index in [2.05, 4.69) is 46.4 Å². The lowest BCUT2D eigenvalue weighted by atomic mass is 10.2. The average molecular weight is 275 g/mol. The third-order valence-electron chi connectivity index (χ3n) is 1.80. The topological polar surface area (TPSA) is 12.0 Å². The van der Waals surface area contributed by atoms with Crippen LogP contribution < -0.4 is 5.32 Å². The largest absolute Gasteiger partial charge is 0.381 e. The van der Waals surface area contributed by atoms with Crippen molar-refractivity contribution in [3.8, 4) is 0 Å². The van der Waals surface area contributed by atoms with Gasteiger partial charge in [0.15, 0.2) is 0 Å². The Morgan fingerprint density at radius 3 is 2.79 bits per heavy atom. The van der Waals surface area contributed by atoms with Gasteiger partial charge in [-0.25, -0.2) is 0 Å². The van der Waals surface area contributed by atoms with E-state index >= 15 is 0 Å². The summed E-state index contributed by atoms with van der Waals surface area (Å²) in [5.74, 6) is 0. The second kappa shape index (κ2) is 5.42. The summed E-state index contributed by atoms with van der Waals surface area (Å²) in [7, 11) is 0. The Morgan fingerprint density at radius 2 is 2.21 bits per heavy atom. The van der Waals surface area contributed by atoms with Crippen LogP contribution in [0.2, 0.25) is 0 Å². The van der Waals surface area contributed by atoms with E-state index < -0.39 is 0 Å². The molecule has 1 nitrogen and oxygen atoms in total. The first kappa shape index (κ1) is 11.6. The van der Waals surface area contributed by atoms with Crippen molar-refractivity contribution in [3.63, 3.8) is 0 Å². The van der Waals surface area contributed by atoms with Crippen molar-refractivity contribution in [2.45, 2.75) is 13.8 Å². The molecule has 0 heterocycles. The molecule has 1 rings (SSSR count). The second-order valence-electron chi connectivity index (χ2n) is 3.33. The van der Waals surface area contributed by atoms with Gasteiger partial charge in [-0.05, 0) is 43.2 Å². The highest BCUT2D eigenvalue weighted by atomic mass is 79.9. The first-order valence-corrected chi connectivity index (χ1v) is 5.61. The quantitative estimate of drug-likeness (QED) is 0.866. The van der Waals surface area contributed by atoms with E-state index in [9.17, 15) is 0 Å². The minimum Gasteiger partial charge on any atom is -0.381 e. The molecule has 0 aliphatic heterocycles. The molecular formula is C11H13BrClN. The van der Waals surface area contributed by atoms with Crippen molar-refractivity contribution in [3.05, 3.63) is 39.3 Å². The fraction of sp³-hybridized carbons (Fsp3) is 0.273. The minimum absolute atomic E-state index is 0.777. The molecule has 0 atom stereocenters. The highest BCUT2D eigenvalue weighted by Crippen LogP contribution is 2.19. The van der Waals surface area contributed by atoms with E-state index in [1.807, 2.05) is 6.92 Å². The van der Waals surface area contributed by atoms with Gasteiger partial charge in [-0.1, -0.05) is 27.5 Å². The van der Waals surface area contributed by atoms with Gasteiger partial charge in [-0.2, -0.15) is 0 Å². The number of hydrogen-bond acceptors (Lipinski definition) is 1. The molecule has 3 heteroatoms. The molecule has 0 spiro atoms. The van der Waals surface area contributed by atoms with E-state index in [1.54, 1.807) is 5.54 Å². The third-order valence-corrected chi connectivity index (χ3v) is 2.63. The Kier molecular flexibility index (Phi) is 4.49. The summed E-state index contributed by atoms with van der Waals surface area (Å²) in [6, 6.07) is 6.23. The molecule has 0 saturated carbocycles. The molecule has 0 bridgehead atoms. The van der Waals surface area contributed by atoms with Crippen LogP contribution in [0.25, 0.3) is 0 Å². The molecule has 0 aliphatic rings. The maximum Gasteiger partial charge on any atom is 0.0369 e. The SMILES string of the molecule is C/C(=C/Cl)CNc1cc(C)cc(Br)c1. The molecule has 0 aliphatic carbocycles. The van der Waals surface area contributed by atoms with Crippen molar-refractivity contribution in [1.29, 1.82) is 0 Å². The number of anilines is 1. The molecule has 1 aromatic rings. The molecule has 14 heavy (non-hydrogen) atoms. The summed E-state index contributed by atoms with van der Waals surface area (Å²) in [5.41, 5.74) is 5.05. The fourth-order valence-corrected chi connectivity index (χ4v) is 1.80. The molecule has 76 valence electrons. The van der Waals surface area contributed by atoms with Crippen LogP contribution in [0, 0.1) is 6.92 Å². The Labute approximate surface area is 98.3 Å². The molecule has 1 N–H and O–H groups in total. The monoisotopic (exact) mass is 273 g/mol. The minimum atomic E-state index is 0.777. The van der Waals surface area contributed by atoms with Crippen LogP contribution in [0.3, 0.4) is 0 Å². The number of rotatable bonds is 3. The van der Waals surface area contributed by atoms with Gasteiger partial charge in [0.2, 0.25) is 0 Å². The Morgan fingerprint density at radius 1 is 1.50 bits per heavy atom. The van der Waals surface area contributed by atoms with Crippen LogP contribution >= 0.6 is 27.5 Å². The zero-order valence-electron chi connectivity index (χ0n) is 8.27. The normalized spacial score (nSPS) is 11.6. The summed E-state index contributed by atoms with van der Waals surface area (Å²) in [4.78, 5) is 0. The molecule has 1 aromatic carbocycles. The van der Waals surface area contributed by atoms with Gasteiger partial charge in [-0.3, -0.25) is 0 Å². The summed E-state index contributed by atoms with van der Waals surface area (Å²) in [6.45, 7) is 4.84. The highest BCUT2D eigenvalue weighted by Gasteiger charge is 1.96. The standard InChI is InChI=1S/C11H13BrClN/c1-8-3-10(12)5-11(4-8)14-7-9(2)6-13/h3-6,14H,7H2,1-2H3/b9-6-. The molecule has 0 fully saturated rings. The molecule has 0 saturated heterocycles. The lowest BCUT2D eigenvalue weighted by molar-refractivity contribution is 1.21. The van der Waals surface area contributed by atoms with Gasteiger partial charge in [0.05, 0.1) is 0 Å². The predicted molar refractivity (Wildman–Crippen MR) is 67.0 cm³/mol. The van der Waals surface area contributed by atoms with Crippen LogP contribution in [-0.4, -0.2) is 6.54 Å². The van der Waals surface area contributed by atoms with Gasteiger partial charge in [0.25, 0.3) is 0 Å². The Hall–Kier alpha value is -0.470. The zero-order valence-corrected chi connectivity index (χ0v) is 10.6. The van der Waals surface area contributed by atoms with Crippen LogP contribution in [0.15, 0.2) is 33.8 Å². The number of benzene rings is 1. The van der Waals surface area contributed by atoms with Gasteiger partial charge in [0, 0.05) is 22.2 Å². The summed E-state index contributed by atoms with van der Waals surface area (Å²) >= 11 is 9.03. The van der Waals surface area contributed by atoms with Crippen molar-refractivity contribution in [1.82, 2.24) is 0 Å². The van der Waals surface area contributed by atoms with Gasteiger partial charge in [0.1, 0.15) is 0 Å². The molecule has 0 radical (unpaired) electrons. The second-order valence-corrected chi connectivity index (χ2v) is 4.46. The van der Waals surface area contributed by atoms with Crippen molar-refractivity contribution in [2.24, 2.45) is 0 Å². The van der Waals surface area contributed by atoms with E-state index in [1.165, 1.54) is 5.56 Å². The van der Waals surface area contributed by atoms with Gasteiger partial charge < -0.3 is 5.32 Å². The first-order valence-electron chi connectivity index (χ1n) is 4.39.